The molecule has 32 heavy (non-hydrogen) atoms. The van der Waals surface area contributed by atoms with Gasteiger partial charge in [0.2, 0.25) is 5.91 Å². The predicted molar refractivity (Wildman–Crippen MR) is 119 cm³/mol. The van der Waals surface area contributed by atoms with Crippen LogP contribution < -0.4 is 10.5 Å². The average molecular weight is 432 g/mol. The average Bonchev–Trinajstić information content (AvgIpc) is 3.16. The highest BCUT2D eigenvalue weighted by atomic mass is 19.1. The third-order valence-electron chi connectivity index (χ3n) is 5.71. The molecule has 3 heterocycles. The van der Waals surface area contributed by atoms with Crippen molar-refractivity contribution in [2.75, 3.05) is 31.6 Å². The van der Waals surface area contributed by atoms with Gasteiger partial charge in [0, 0.05) is 30.4 Å². The maximum absolute atomic E-state index is 14.5. The first-order valence-corrected chi connectivity index (χ1v) is 10.3. The van der Waals surface area contributed by atoms with Gasteiger partial charge in [0.05, 0.1) is 12.1 Å². The van der Waals surface area contributed by atoms with Crippen LogP contribution in [0.5, 0.6) is 0 Å². The lowest BCUT2D eigenvalue weighted by atomic mass is 10.1. The summed E-state index contributed by atoms with van der Waals surface area (Å²) in [6, 6.07) is 13.5. The van der Waals surface area contributed by atoms with Crippen molar-refractivity contribution in [3.8, 4) is 16.9 Å². The lowest BCUT2D eigenvalue weighted by molar-refractivity contribution is -0.120. The lowest BCUT2D eigenvalue weighted by Gasteiger charge is -2.32. The van der Waals surface area contributed by atoms with Gasteiger partial charge in [-0.05, 0) is 37.7 Å². The normalized spacial score (nSPS) is 15.0. The SMILES string of the molecule is Cc1cccc(F)c1-n1nc2c(-c3ccc(N4CCN(C)CC4=O)cc3)n[nH]c2cc1=O. The minimum atomic E-state index is -0.523. The van der Waals surface area contributed by atoms with E-state index in [9.17, 15) is 14.0 Å². The molecule has 2 aromatic heterocycles. The number of carbonyl (C=O) groups is 1. The van der Waals surface area contributed by atoms with Crippen LogP contribution in [0.3, 0.4) is 0 Å². The summed E-state index contributed by atoms with van der Waals surface area (Å²) in [5, 5.41) is 11.6. The van der Waals surface area contributed by atoms with E-state index in [1.54, 1.807) is 24.0 Å². The first kappa shape index (κ1) is 20.1. The Hall–Kier alpha value is -3.85. The fourth-order valence-electron chi connectivity index (χ4n) is 4.00. The number of aromatic amines is 1. The van der Waals surface area contributed by atoms with Crippen molar-refractivity contribution >= 4 is 22.6 Å². The van der Waals surface area contributed by atoms with Crippen LogP contribution >= 0.6 is 0 Å². The summed E-state index contributed by atoms with van der Waals surface area (Å²) >= 11 is 0. The summed E-state index contributed by atoms with van der Waals surface area (Å²) in [5.74, 6) is -0.465. The number of piperazine rings is 1. The first-order valence-electron chi connectivity index (χ1n) is 10.3. The zero-order valence-electron chi connectivity index (χ0n) is 17.7. The number of anilines is 1. The van der Waals surface area contributed by atoms with Crippen molar-refractivity contribution in [3.05, 3.63) is 70.3 Å². The molecule has 0 saturated carbocycles. The molecule has 0 bridgehead atoms. The minimum absolute atomic E-state index is 0.0580. The van der Waals surface area contributed by atoms with Gasteiger partial charge in [0.15, 0.2) is 0 Å². The van der Waals surface area contributed by atoms with Crippen LogP contribution in [0, 0.1) is 12.7 Å². The van der Waals surface area contributed by atoms with Crippen LogP contribution in [0.2, 0.25) is 0 Å². The van der Waals surface area contributed by atoms with Crippen LogP contribution in [0.1, 0.15) is 5.56 Å². The van der Waals surface area contributed by atoms with Crippen molar-refractivity contribution in [1.29, 1.82) is 0 Å². The number of para-hydroxylation sites is 1. The number of nitrogens with zero attached hydrogens (tertiary/aromatic N) is 5. The highest BCUT2D eigenvalue weighted by Gasteiger charge is 2.23. The van der Waals surface area contributed by atoms with Crippen LogP contribution in [0.4, 0.5) is 10.1 Å². The van der Waals surface area contributed by atoms with E-state index < -0.39 is 11.4 Å². The van der Waals surface area contributed by atoms with Crippen LogP contribution in [-0.2, 0) is 4.79 Å². The Balaban J connectivity index is 1.55. The molecular formula is C23H21FN6O2. The number of amides is 1. The summed E-state index contributed by atoms with van der Waals surface area (Å²) < 4.78 is 15.6. The molecule has 1 amide bonds. The maximum Gasteiger partial charge on any atom is 0.273 e. The number of carbonyl (C=O) groups excluding carboxylic acids is 1. The van der Waals surface area contributed by atoms with E-state index in [4.69, 9.17) is 0 Å². The summed E-state index contributed by atoms with van der Waals surface area (Å²) in [5.41, 5.74) is 3.32. The molecule has 8 nitrogen and oxygen atoms in total. The Kier molecular flexibility index (Phi) is 4.82. The zero-order valence-corrected chi connectivity index (χ0v) is 17.7. The van der Waals surface area contributed by atoms with Crippen molar-refractivity contribution in [1.82, 2.24) is 24.9 Å². The zero-order chi connectivity index (χ0) is 22.4. The summed E-state index contributed by atoms with van der Waals surface area (Å²) in [7, 11) is 1.93. The third kappa shape index (κ3) is 3.36. The molecule has 162 valence electrons. The standard InChI is InChI=1S/C23H21FN6O2/c1-14-4-3-5-17(24)23(14)30-19(31)12-18-22(27-30)21(26-25-18)15-6-8-16(9-7-15)29-11-10-28(2)13-20(29)32/h3-9,12,25H,10-11,13H2,1-2H3. The quantitative estimate of drug-likeness (QED) is 0.538. The number of aryl methyl sites for hydroxylation is 1. The number of nitrogens with one attached hydrogen (secondary N) is 1. The molecule has 0 spiro atoms. The Labute approximate surface area is 182 Å². The number of likely N-dealkylation sites (N-methyl/N-ethyl adjacent to an activating group) is 1. The van der Waals surface area contributed by atoms with Gasteiger partial charge in [0.25, 0.3) is 5.56 Å². The van der Waals surface area contributed by atoms with E-state index in [-0.39, 0.29) is 11.6 Å². The molecular weight excluding hydrogens is 411 g/mol. The van der Waals surface area contributed by atoms with E-state index in [1.165, 1.54) is 12.1 Å². The molecule has 4 aromatic rings. The molecule has 1 fully saturated rings. The minimum Gasteiger partial charge on any atom is -0.310 e. The van der Waals surface area contributed by atoms with E-state index in [0.29, 0.717) is 35.4 Å². The number of hydrogen-bond donors (Lipinski definition) is 1. The maximum atomic E-state index is 14.5. The lowest BCUT2D eigenvalue weighted by Crippen LogP contribution is -2.48. The predicted octanol–water partition coefficient (Wildman–Crippen LogP) is 2.50. The van der Waals surface area contributed by atoms with Gasteiger partial charge in [-0.1, -0.05) is 24.3 Å². The molecule has 0 unspecified atom stereocenters. The molecule has 0 aliphatic carbocycles. The fraction of sp³-hybridized carbons (Fsp3) is 0.217. The summed E-state index contributed by atoms with van der Waals surface area (Å²) in [6.45, 7) is 3.57. The molecule has 1 N–H and O–H groups in total. The monoisotopic (exact) mass is 432 g/mol. The van der Waals surface area contributed by atoms with Gasteiger partial charge in [-0.15, -0.1) is 0 Å². The molecule has 1 aliphatic heterocycles. The third-order valence-corrected chi connectivity index (χ3v) is 5.71. The fourth-order valence-corrected chi connectivity index (χ4v) is 4.00. The van der Waals surface area contributed by atoms with E-state index >= 15 is 0 Å². The number of aromatic nitrogens is 4. The van der Waals surface area contributed by atoms with Crippen LogP contribution in [-0.4, -0.2) is 57.5 Å². The van der Waals surface area contributed by atoms with Gasteiger partial charge in [-0.2, -0.15) is 14.9 Å². The Morgan fingerprint density at radius 3 is 2.56 bits per heavy atom. The molecule has 1 saturated heterocycles. The molecule has 9 heteroatoms. The first-order chi connectivity index (χ1) is 15.4. The van der Waals surface area contributed by atoms with Crippen LogP contribution in [0.15, 0.2) is 53.3 Å². The van der Waals surface area contributed by atoms with Gasteiger partial charge in [-0.3, -0.25) is 19.6 Å². The second kappa shape index (κ2) is 7.69. The number of fused-ring (bicyclic) bond motifs is 1. The van der Waals surface area contributed by atoms with E-state index in [2.05, 4.69) is 15.3 Å². The molecule has 0 atom stereocenters. The topological polar surface area (TPSA) is 87.1 Å². The molecule has 0 radical (unpaired) electrons. The van der Waals surface area contributed by atoms with Gasteiger partial charge >= 0.3 is 0 Å². The number of benzene rings is 2. The van der Waals surface area contributed by atoms with Gasteiger partial charge < -0.3 is 4.90 Å². The largest absolute Gasteiger partial charge is 0.310 e. The van der Waals surface area contributed by atoms with Crippen molar-refractivity contribution in [2.24, 2.45) is 0 Å². The summed E-state index contributed by atoms with van der Waals surface area (Å²) in [6.07, 6.45) is 0. The second-order valence-electron chi connectivity index (χ2n) is 7.96. The number of hydrogen-bond acceptors (Lipinski definition) is 5. The molecule has 5 rings (SSSR count). The van der Waals surface area contributed by atoms with Crippen LogP contribution in [0.25, 0.3) is 28.0 Å². The Morgan fingerprint density at radius 2 is 1.84 bits per heavy atom. The Bertz CT molecular complexity index is 1370. The highest BCUT2D eigenvalue weighted by molar-refractivity contribution is 5.96. The number of rotatable bonds is 3. The molecule has 1 aliphatic rings. The number of H-pyrrole nitrogens is 1. The van der Waals surface area contributed by atoms with Crippen molar-refractivity contribution in [3.63, 3.8) is 0 Å². The van der Waals surface area contributed by atoms with E-state index in [1.807, 2.05) is 36.2 Å². The van der Waals surface area contributed by atoms with E-state index in [0.717, 1.165) is 22.5 Å². The van der Waals surface area contributed by atoms with Gasteiger partial charge in [-0.25, -0.2) is 4.39 Å². The highest BCUT2D eigenvalue weighted by Crippen LogP contribution is 2.27. The van der Waals surface area contributed by atoms with Crippen molar-refractivity contribution < 1.29 is 9.18 Å². The molecule has 2 aromatic carbocycles. The van der Waals surface area contributed by atoms with Crippen molar-refractivity contribution in [2.45, 2.75) is 6.92 Å². The summed E-state index contributed by atoms with van der Waals surface area (Å²) in [4.78, 5) is 28.7. The smallest absolute Gasteiger partial charge is 0.273 e. The Morgan fingerprint density at radius 1 is 1.06 bits per heavy atom. The van der Waals surface area contributed by atoms with Gasteiger partial charge in [0.1, 0.15) is 22.7 Å². The second-order valence-corrected chi connectivity index (χ2v) is 7.96. The number of halogens is 1.